The van der Waals surface area contributed by atoms with E-state index in [-0.39, 0.29) is 27.8 Å². The second-order valence-electron chi connectivity index (χ2n) is 4.94. The van der Waals surface area contributed by atoms with Crippen LogP contribution in [0, 0.1) is 0 Å². The first-order valence-electron chi connectivity index (χ1n) is 7.09. The van der Waals surface area contributed by atoms with Gasteiger partial charge < -0.3 is 9.73 Å². The highest BCUT2D eigenvalue weighted by molar-refractivity contribution is 7.99. The van der Waals surface area contributed by atoms with Crippen LogP contribution < -0.4 is 5.32 Å². The molecule has 0 aliphatic heterocycles. The molecule has 0 aliphatic rings. The second kappa shape index (κ2) is 8.50. The van der Waals surface area contributed by atoms with E-state index in [1.165, 1.54) is 12.1 Å². The first-order valence-corrected chi connectivity index (χ1v) is 9.59. The van der Waals surface area contributed by atoms with Crippen molar-refractivity contribution in [2.75, 3.05) is 11.1 Å². The van der Waals surface area contributed by atoms with E-state index in [0.29, 0.717) is 26.3 Å². The van der Waals surface area contributed by atoms with Gasteiger partial charge in [-0.1, -0.05) is 70.3 Å². The Bertz CT molecular complexity index is 964. The largest absolute Gasteiger partial charge is 0.411 e. The Morgan fingerprint density at radius 3 is 2.50 bits per heavy atom. The van der Waals surface area contributed by atoms with Gasteiger partial charge in [0.1, 0.15) is 0 Å². The maximum Gasteiger partial charge on any atom is 0.277 e. The van der Waals surface area contributed by atoms with Crippen LogP contribution in [0.5, 0.6) is 0 Å². The Labute approximate surface area is 173 Å². The Morgan fingerprint density at radius 1 is 1.00 bits per heavy atom. The SMILES string of the molecule is O=C(CSc1nnc(-c2ccccc2Cl)o1)Nc1cc(Cl)c(Cl)cc1Cl. The van der Waals surface area contributed by atoms with Crippen molar-refractivity contribution in [2.45, 2.75) is 5.22 Å². The van der Waals surface area contributed by atoms with Crippen LogP contribution in [0.25, 0.3) is 11.5 Å². The fourth-order valence-electron chi connectivity index (χ4n) is 1.94. The number of hydrogen-bond donors (Lipinski definition) is 1. The highest BCUT2D eigenvalue weighted by Crippen LogP contribution is 2.33. The lowest BCUT2D eigenvalue weighted by atomic mass is 10.2. The Kier molecular flexibility index (Phi) is 6.32. The third-order valence-electron chi connectivity index (χ3n) is 3.12. The predicted octanol–water partition coefficient (Wildman–Crippen LogP) is 6.08. The Morgan fingerprint density at radius 2 is 1.73 bits per heavy atom. The Balaban J connectivity index is 1.62. The molecule has 3 rings (SSSR count). The molecular weight excluding hydrogens is 440 g/mol. The molecule has 0 radical (unpaired) electrons. The van der Waals surface area contributed by atoms with Gasteiger partial charge in [0, 0.05) is 0 Å². The minimum absolute atomic E-state index is 0.0424. The van der Waals surface area contributed by atoms with E-state index < -0.39 is 0 Å². The summed E-state index contributed by atoms with van der Waals surface area (Å²) < 4.78 is 5.52. The molecule has 134 valence electrons. The average Bonchev–Trinajstić information content (AvgIpc) is 3.07. The number of carbonyl (C=O) groups is 1. The molecule has 0 fully saturated rings. The van der Waals surface area contributed by atoms with E-state index in [2.05, 4.69) is 15.5 Å². The van der Waals surface area contributed by atoms with Crippen molar-refractivity contribution in [3.8, 4) is 11.5 Å². The molecule has 0 unspecified atom stereocenters. The van der Waals surface area contributed by atoms with Crippen molar-refractivity contribution in [3.63, 3.8) is 0 Å². The van der Waals surface area contributed by atoms with Crippen LogP contribution >= 0.6 is 58.2 Å². The van der Waals surface area contributed by atoms with E-state index in [9.17, 15) is 4.79 Å². The molecule has 0 bridgehead atoms. The molecule has 26 heavy (non-hydrogen) atoms. The number of benzene rings is 2. The van der Waals surface area contributed by atoms with Gasteiger partial charge in [-0.05, 0) is 24.3 Å². The fourth-order valence-corrected chi connectivity index (χ4v) is 3.32. The summed E-state index contributed by atoms with van der Waals surface area (Å²) in [6.07, 6.45) is 0. The lowest BCUT2D eigenvalue weighted by Crippen LogP contribution is -2.14. The van der Waals surface area contributed by atoms with Gasteiger partial charge in [0.25, 0.3) is 5.22 Å². The van der Waals surface area contributed by atoms with Crippen LogP contribution in [0.15, 0.2) is 46.0 Å². The lowest BCUT2D eigenvalue weighted by Gasteiger charge is -2.07. The summed E-state index contributed by atoms with van der Waals surface area (Å²) in [6.45, 7) is 0. The van der Waals surface area contributed by atoms with Gasteiger partial charge in [-0.3, -0.25) is 4.79 Å². The maximum atomic E-state index is 12.1. The standard InChI is InChI=1S/C16H9Cl4N3O2S/c17-9-4-2-1-3-8(9)15-22-23-16(25-15)26-7-14(24)21-13-6-11(19)10(18)5-12(13)20/h1-6H,7H2,(H,21,24). The van der Waals surface area contributed by atoms with Crippen LogP contribution in [-0.4, -0.2) is 21.9 Å². The van der Waals surface area contributed by atoms with Crippen molar-refractivity contribution >= 4 is 69.8 Å². The summed E-state index contributed by atoms with van der Waals surface area (Å²) in [6, 6.07) is 10.0. The molecule has 2 aromatic carbocycles. The summed E-state index contributed by atoms with van der Waals surface area (Å²) >= 11 is 25.0. The minimum atomic E-state index is -0.312. The van der Waals surface area contributed by atoms with Crippen molar-refractivity contribution in [3.05, 3.63) is 56.5 Å². The fraction of sp³-hybridized carbons (Fsp3) is 0.0625. The minimum Gasteiger partial charge on any atom is -0.411 e. The number of anilines is 1. The Hall–Kier alpha value is -1.44. The zero-order valence-electron chi connectivity index (χ0n) is 12.8. The smallest absolute Gasteiger partial charge is 0.277 e. The van der Waals surface area contributed by atoms with E-state index >= 15 is 0 Å². The molecule has 5 nitrogen and oxygen atoms in total. The molecule has 0 atom stereocenters. The first-order chi connectivity index (χ1) is 12.4. The van der Waals surface area contributed by atoms with Crippen molar-refractivity contribution < 1.29 is 9.21 Å². The first kappa shape index (κ1) is 19.3. The molecule has 3 aromatic rings. The van der Waals surface area contributed by atoms with E-state index in [1.54, 1.807) is 18.2 Å². The molecular formula is C16H9Cl4N3O2S. The molecule has 1 amide bonds. The number of hydrogen-bond acceptors (Lipinski definition) is 5. The topological polar surface area (TPSA) is 68.0 Å². The number of nitrogens with zero attached hydrogens (tertiary/aromatic N) is 2. The zero-order valence-corrected chi connectivity index (χ0v) is 16.6. The quantitative estimate of drug-likeness (QED) is 0.378. The lowest BCUT2D eigenvalue weighted by molar-refractivity contribution is -0.113. The third kappa shape index (κ3) is 4.64. The molecule has 10 heteroatoms. The molecule has 0 spiro atoms. The molecule has 1 aromatic heterocycles. The summed E-state index contributed by atoms with van der Waals surface area (Å²) in [5.41, 5.74) is 0.995. The summed E-state index contributed by atoms with van der Waals surface area (Å²) in [5, 5.41) is 12.1. The number of amides is 1. The number of rotatable bonds is 5. The summed E-state index contributed by atoms with van der Waals surface area (Å²) in [4.78, 5) is 12.1. The number of thioether (sulfide) groups is 1. The summed E-state index contributed by atoms with van der Waals surface area (Å²) in [7, 11) is 0. The van der Waals surface area contributed by atoms with Crippen molar-refractivity contribution in [1.29, 1.82) is 0 Å². The highest BCUT2D eigenvalue weighted by Gasteiger charge is 2.14. The third-order valence-corrected chi connectivity index (χ3v) is 5.30. The van der Waals surface area contributed by atoms with Crippen LogP contribution in [0.4, 0.5) is 5.69 Å². The summed E-state index contributed by atoms with van der Waals surface area (Å²) in [5.74, 6) is 0.0135. The normalized spacial score (nSPS) is 10.8. The maximum absolute atomic E-state index is 12.1. The van der Waals surface area contributed by atoms with E-state index in [1.807, 2.05) is 6.07 Å². The van der Waals surface area contributed by atoms with Gasteiger partial charge >= 0.3 is 0 Å². The molecule has 0 saturated carbocycles. The van der Waals surface area contributed by atoms with Gasteiger partial charge in [-0.2, -0.15) is 0 Å². The van der Waals surface area contributed by atoms with Gasteiger partial charge in [0.15, 0.2) is 0 Å². The number of carbonyl (C=O) groups excluding carboxylic acids is 1. The zero-order chi connectivity index (χ0) is 18.7. The van der Waals surface area contributed by atoms with Gasteiger partial charge in [0.05, 0.1) is 37.1 Å². The second-order valence-corrected chi connectivity index (χ2v) is 7.49. The van der Waals surface area contributed by atoms with Crippen LogP contribution in [-0.2, 0) is 4.79 Å². The monoisotopic (exact) mass is 447 g/mol. The van der Waals surface area contributed by atoms with Crippen molar-refractivity contribution in [2.24, 2.45) is 0 Å². The number of aromatic nitrogens is 2. The molecule has 1 heterocycles. The predicted molar refractivity (Wildman–Crippen MR) is 106 cm³/mol. The molecule has 0 saturated heterocycles. The van der Waals surface area contributed by atoms with E-state index in [4.69, 9.17) is 50.8 Å². The van der Waals surface area contributed by atoms with Crippen LogP contribution in [0.3, 0.4) is 0 Å². The van der Waals surface area contributed by atoms with Gasteiger partial charge in [-0.25, -0.2) is 0 Å². The number of halogens is 4. The highest BCUT2D eigenvalue weighted by atomic mass is 35.5. The van der Waals surface area contributed by atoms with E-state index in [0.717, 1.165) is 11.8 Å². The van der Waals surface area contributed by atoms with Gasteiger partial charge in [0.2, 0.25) is 11.8 Å². The van der Waals surface area contributed by atoms with Crippen LogP contribution in [0.2, 0.25) is 20.1 Å². The molecule has 1 N–H and O–H groups in total. The number of nitrogens with one attached hydrogen (secondary N) is 1. The average molecular weight is 449 g/mol. The van der Waals surface area contributed by atoms with Crippen LogP contribution in [0.1, 0.15) is 0 Å². The molecule has 0 aliphatic carbocycles. The van der Waals surface area contributed by atoms with Crippen molar-refractivity contribution in [1.82, 2.24) is 10.2 Å². The van der Waals surface area contributed by atoms with Gasteiger partial charge in [-0.15, -0.1) is 10.2 Å².